The van der Waals surface area contributed by atoms with Crippen LogP contribution in [0.2, 0.25) is 0 Å². The molecule has 2 heteroatoms. The van der Waals surface area contributed by atoms with Gasteiger partial charge in [-0.3, -0.25) is 0 Å². The molecule has 1 unspecified atom stereocenters. The molecule has 1 atom stereocenters. The Labute approximate surface area is 128 Å². The van der Waals surface area contributed by atoms with Crippen LogP contribution >= 0.6 is 0 Å². The summed E-state index contributed by atoms with van der Waals surface area (Å²) in [5.41, 5.74) is 3.80. The summed E-state index contributed by atoms with van der Waals surface area (Å²) in [6.07, 6.45) is 0.190. The maximum Gasteiger partial charge on any atom is 0.124 e. The molecule has 0 spiro atoms. The molecule has 0 aliphatic rings. The van der Waals surface area contributed by atoms with Gasteiger partial charge in [0.15, 0.2) is 0 Å². The van der Waals surface area contributed by atoms with Crippen molar-refractivity contribution in [2.45, 2.75) is 46.4 Å². The Balaban J connectivity index is 2.03. The molecule has 2 aromatic carbocycles. The van der Waals surface area contributed by atoms with Crippen molar-refractivity contribution in [1.82, 2.24) is 5.32 Å². The summed E-state index contributed by atoms with van der Waals surface area (Å²) in [7, 11) is 0. The molecule has 0 aromatic heterocycles. The van der Waals surface area contributed by atoms with Crippen LogP contribution in [0.25, 0.3) is 0 Å². The smallest absolute Gasteiger partial charge is 0.124 e. The van der Waals surface area contributed by atoms with Crippen molar-refractivity contribution < 1.29 is 4.74 Å². The number of benzene rings is 2. The van der Waals surface area contributed by atoms with Crippen LogP contribution in [-0.2, 0) is 6.54 Å². The average Bonchev–Trinajstić information content (AvgIpc) is 2.46. The van der Waals surface area contributed by atoms with Gasteiger partial charge in [0.2, 0.25) is 0 Å². The third-order valence-corrected chi connectivity index (χ3v) is 3.48. The second kappa shape index (κ2) is 7.28. The maximum atomic E-state index is 5.89. The lowest BCUT2D eigenvalue weighted by atomic mass is 10.1. The van der Waals surface area contributed by atoms with Crippen LogP contribution in [0.3, 0.4) is 0 Å². The Morgan fingerprint density at radius 3 is 2.29 bits per heavy atom. The van der Waals surface area contributed by atoms with E-state index in [0.717, 1.165) is 12.3 Å². The fourth-order valence-corrected chi connectivity index (χ4v) is 2.29. The van der Waals surface area contributed by atoms with Crippen LogP contribution in [0, 0.1) is 6.92 Å². The number of para-hydroxylation sites is 1. The van der Waals surface area contributed by atoms with Gasteiger partial charge in [0.05, 0.1) is 6.10 Å². The molecule has 21 heavy (non-hydrogen) atoms. The second-order valence-electron chi connectivity index (χ2n) is 5.79. The Hall–Kier alpha value is -1.80. The van der Waals surface area contributed by atoms with Crippen LogP contribution in [0.1, 0.15) is 43.5 Å². The molecule has 0 amide bonds. The van der Waals surface area contributed by atoms with Gasteiger partial charge < -0.3 is 10.1 Å². The molecule has 2 nitrogen and oxygen atoms in total. The lowest BCUT2D eigenvalue weighted by Crippen LogP contribution is -2.19. The van der Waals surface area contributed by atoms with Crippen molar-refractivity contribution in [3.8, 4) is 5.75 Å². The minimum absolute atomic E-state index is 0.190. The predicted molar refractivity (Wildman–Crippen MR) is 88.6 cm³/mol. The van der Waals surface area contributed by atoms with Crippen molar-refractivity contribution in [2.75, 3.05) is 0 Å². The molecule has 0 aliphatic heterocycles. The first-order valence-electron chi connectivity index (χ1n) is 7.61. The van der Waals surface area contributed by atoms with Gasteiger partial charge in [-0.05, 0) is 39.3 Å². The molecule has 0 fully saturated rings. The molecule has 0 aliphatic carbocycles. The molecule has 0 saturated heterocycles. The van der Waals surface area contributed by atoms with Crippen LogP contribution in [-0.4, -0.2) is 6.10 Å². The van der Waals surface area contributed by atoms with Crippen molar-refractivity contribution >= 4 is 0 Å². The van der Waals surface area contributed by atoms with E-state index in [1.165, 1.54) is 16.7 Å². The van der Waals surface area contributed by atoms with Crippen molar-refractivity contribution in [1.29, 1.82) is 0 Å². The third-order valence-electron chi connectivity index (χ3n) is 3.48. The predicted octanol–water partition coefficient (Wildman–Crippen LogP) is 4.63. The summed E-state index contributed by atoms with van der Waals surface area (Å²) in [6.45, 7) is 9.26. The minimum atomic E-state index is 0.190. The van der Waals surface area contributed by atoms with Gasteiger partial charge in [0.1, 0.15) is 5.75 Å². The zero-order valence-electron chi connectivity index (χ0n) is 13.4. The van der Waals surface area contributed by atoms with E-state index >= 15 is 0 Å². The number of hydrogen-bond acceptors (Lipinski definition) is 2. The van der Waals surface area contributed by atoms with Gasteiger partial charge in [-0.25, -0.2) is 0 Å². The first-order chi connectivity index (χ1) is 10.1. The number of rotatable bonds is 6. The Morgan fingerprint density at radius 1 is 0.952 bits per heavy atom. The maximum absolute atomic E-state index is 5.89. The lowest BCUT2D eigenvalue weighted by molar-refractivity contribution is 0.238. The van der Waals surface area contributed by atoms with Crippen LogP contribution in [0.4, 0.5) is 0 Å². The van der Waals surface area contributed by atoms with E-state index in [4.69, 9.17) is 4.74 Å². The van der Waals surface area contributed by atoms with Crippen LogP contribution in [0.15, 0.2) is 48.5 Å². The first-order valence-corrected chi connectivity index (χ1v) is 7.61. The first kappa shape index (κ1) is 15.6. The molecule has 0 saturated carbocycles. The summed E-state index contributed by atoms with van der Waals surface area (Å²) in [5, 5.41) is 3.57. The van der Waals surface area contributed by atoms with Crippen molar-refractivity contribution in [3.05, 3.63) is 65.2 Å². The van der Waals surface area contributed by atoms with Gasteiger partial charge in [-0.2, -0.15) is 0 Å². The minimum Gasteiger partial charge on any atom is -0.491 e. The van der Waals surface area contributed by atoms with Gasteiger partial charge in [-0.15, -0.1) is 0 Å². The third kappa shape index (κ3) is 4.61. The zero-order valence-corrected chi connectivity index (χ0v) is 13.4. The lowest BCUT2D eigenvalue weighted by Gasteiger charge is -2.20. The van der Waals surface area contributed by atoms with Gasteiger partial charge >= 0.3 is 0 Å². The van der Waals surface area contributed by atoms with Crippen molar-refractivity contribution in [3.63, 3.8) is 0 Å². The molecular weight excluding hydrogens is 258 g/mol. The molecule has 1 N–H and O–H groups in total. The summed E-state index contributed by atoms with van der Waals surface area (Å²) in [4.78, 5) is 0. The molecular formula is C19H25NO. The van der Waals surface area contributed by atoms with E-state index in [2.05, 4.69) is 69.4 Å². The molecule has 2 aromatic rings. The van der Waals surface area contributed by atoms with E-state index < -0.39 is 0 Å². The SMILES string of the molecule is Cc1ccc(CNC(C)c2ccccc2OC(C)C)cc1. The Bertz CT molecular complexity index is 560. The highest BCUT2D eigenvalue weighted by atomic mass is 16.5. The second-order valence-corrected chi connectivity index (χ2v) is 5.79. The zero-order chi connectivity index (χ0) is 15.2. The van der Waals surface area contributed by atoms with E-state index in [1.54, 1.807) is 0 Å². The average molecular weight is 283 g/mol. The van der Waals surface area contributed by atoms with E-state index in [0.29, 0.717) is 0 Å². The van der Waals surface area contributed by atoms with Crippen LogP contribution < -0.4 is 10.1 Å². The fraction of sp³-hybridized carbons (Fsp3) is 0.368. The van der Waals surface area contributed by atoms with E-state index in [9.17, 15) is 0 Å². The largest absolute Gasteiger partial charge is 0.491 e. The van der Waals surface area contributed by atoms with Crippen LogP contribution in [0.5, 0.6) is 5.75 Å². The Kier molecular flexibility index (Phi) is 5.40. The topological polar surface area (TPSA) is 21.3 Å². The quantitative estimate of drug-likeness (QED) is 0.834. The fourth-order valence-electron chi connectivity index (χ4n) is 2.29. The van der Waals surface area contributed by atoms with E-state index in [-0.39, 0.29) is 12.1 Å². The van der Waals surface area contributed by atoms with Gasteiger partial charge in [0, 0.05) is 18.2 Å². The summed E-state index contributed by atoms with van der Waals surface area (Å²) >= 11 is 0. The van der Waals surface area contributed by atoms with Gasteiger partial charge in [-0.1, -0.05) is 48.0 Å². The normalized spacial score (nSPS) is 12.4. The molecule has 0 bridgehead atoms. The number of hydrogen-bond donors (Lipinski definition) is 1. The Morgan fingerprint density at radius 2 is 1.62 bits per heavy atom. The number of nitrogens with one attached hydrogen (secondary N) is 1. The van der Waals surface area contributed by atoms with E-state index in [1.807, 2.05) is 12.1 Å². The summed E-state index contributed by atoms with van der Waals surface area (Å²) < 4.78 is 5.89. The highest BCUT2D eigenvalue weighted by molar-refractivity contribution is 5.36. The molecule has 0 heterocycles. The summed E-state index contributed by atoms with van der Waals surface area (Å²) in [6, 6.07) is 17.2. The molecule has 2 rings (SSSR count). The molecule has 112 valence electrons. The van der Waals surface area contributed by atoms with Crippen molar-refractivity contribution in [2.24, 2.45) is 0 Å². The molecule has 0 radical (unpaired) electrons. The highest BCUT2D eigenvalue weighted by Crippen LogP contribution is 2.26. The number of ether oxygens (including phenoxy) is 1. The summed E-state index contributed by atoms with van der Waals surface area (Å²) in [5.74, 6) is 0.969. The standard InChI is InChI=1S/C19H25NO/c1-14(2)21-19-8-6-5-7-18(19)16(4)20-13-17-11-9-15(3)10-12-17/h5-12,14,16,20H,13H2,1-4H3. The van der Waals surface area contributed by atoms with Gasteiger partial charge in [0.25, 0.3) is 0 Å². The highest BCUT2D eigenvalue weighted by Gasteiger charge is 2.11. The number of aryl methyl sites for hydroxylation is 1. The monoisotopic (exact) mass is 283 g/mol.